The molecular formula is C56H100I4N3O12P. The number of benzene rings is 2. The van der Waals surface area contributed by atoms with Gasteiger partial charge < -0.3 is 33.9 Å². The first-order chi connectivity index (χ1) is 34.7. The van der Waals surface area contributed by atoms with Crippen LogP contribution in [0.1, 0.15) is 166 Å². The lowest BCUT2D eigenvalue weighted by atomic mass is 9.80. The summed E-state index contributed by atoms with van der Waals surface area (Å²) >= 11 is 8.37. The number of rotatable bonds is 16. The zero-order valence-corrected chi connectivity index (χ0v) is 59.7. The topological polar surface area (TPSA) is 174 Å². The molecule has 1 fully saturated rings. The van der Waals surface area contributed by atoms with E-state index < -0.39 is 18.7 Å². The van der Waals surface area contributed by atoms with E-state index in [2.05, 4.69) is 156 Å². The Balaban J connectivity index is -0.000000421. The van der Waals surface area contributed by atoms with E-state index in [1.807, 2.05) is 133 Å². The van der Waals surface area contributed by atoms with Gasteiger partial charge in [0.2, 0.25) is 7.37 Å². The van der Waals surface area contributed by atoms with Crippen LogP contribution in [-0.2, 0) is 47.3 Å². The van der Waals surface area contributed by atoms with Gasteiger partial charge in [0.15, 0.2) is 0 Å². The fraction of sp³-hybridized carbons (Fsp3) is 0.696. The van der Waals surface area contributed by atoms with Gasteiger partial charge in [-0.3, -0.25) is 23.8 Å². The first-order valence-electron chi connectivity index (χ1n) is 25.5. The van der Waals surface area contributed by atoms with E-state index in [1.165, 1.54) is 28.4 Å². The molecule has 2 aromatic rings. The second-order valence-electron chi connectivity index (χ2n) is 21.2. The van der Waals surface area contributed by atoms with Crippen LogP contribution in [0.25, 0.3) is 0 Å². The summed E-state index contributed by atoms with van der Waals surface area (Å²) in [6.45, 7) is 44.7. The molecule has 0 amide bonds. The molecule has 1 aliphatic rings. The average molecular weight is 1550 g/mol. The molecule has 5 atom stereocenters. The standard InChI is InChI=1S/C18H29NO2.C12H28NO3P.C8H9I.C6H11IO2.C4H7IO2.C4H5IO2.C4H11NO/c1-14(15-10-8-7-9-11-15)21-19-17(2,3)12-16(20-6)13-18(19,4)5;1-9-16-17(8,15)10(11(2,3)4)13(14)12(5,6)7;1-7(9)8-5-3-2-4-6-8;1-4-9-5(8)6(2,3)7;1-3(5)4(6)7-2;1-2-7-4(6)3-5;1-3-5(6)4-2/h7-11,14,16H,12-13H2,1-6H3;10,14H,9H2,1-8H3;2-7H,1H3;4H2,1-3H3;3H,1-2H3;2H,1,3H2;6H,3-4H2,1-2H3. The molecule has 3 rings (SSSR count). The Hall–Kier alpha value is -0.580. The number of esters is 3. The first-order valence-corrected chi connectivity index (χ1v) is 32.7. The minimum Gasteiger partial charge on any atom is -0.468 e. The highest BCUT2D eigenvalue weighted by molar-refractivity contribution is 14.1. The van der Waals surface area contributed by atoms with Crippen molar-refractivity contribution in [2.45, 2.75) is 190 Å². The van der Waals surface area contributed by atoms with Crippen molar-refractivity contribution in [1.82, 2.24) is 15.2 Å². The van der Waals surface area contributed by atoms with E-state index in [4.69, 9.17) is 24.0 Å². The molecule has 1 heterocycles. The highest BCUT2D eigenvalue weighted by atomic mass is 127. The predicted molar refractivity (Wildman–Crippen MR) is 347 cm³/mol. The quantitative estimate of drug-likeness (QED) is 0.0309. The van der Waals surface area contributed by atoms with Crippen LogP contribution in [0.4, 0.5) is 0 Å². The normalized spacial score (nSPS) is 16.4. The molecule has 0 bridgehead atoms. The smallest absolute Gasteiger partial charge is 0.321 e. The second kappa shape index (κ2) is 41.4. The van der Waals surface area contributed by atoms with Crippen LogP contribution in [0.3, 0.4) is 0 Å². The Kier molecular flexibility index (Phi) is 44.6. The maximum atomic E-state index is 12.6. The third-order valence-electron chi connectivity index (χ3n) is 10.5. The van der Waals surface area contributed by atoms with Gasteiger partial charge in [0, 0.05) is 47.4 Å². The van der Waals surface area contributed by atoms with Gasteiger partial charge in [-0.05, 0) is 126 Å². The Labute approximate surface area is 515 Å². The van der Waals surface area contributed by atoms with Gasteiger partial charge in [0.25, 0.3) is 0 Å². The second-order valence-corrected chi connectivity index (χ2v) is 31.0. The third-order valence-corrected chi connectivity index (χ3v) is 15.5. The molecule has 2 N–H and O–H groups in total. The molecule has 0 aliphatic carbocycles. The van der Waals surface area contributed by atoms with E-state index in [0.717, 1.165) is 32.2 Å². The lowest BCUT2D eigenvalue weighted by molar-refractivity contribution is -0.314. The minimum atomic E-state index is -2.90. The zero-order valence-electron chi connectivity index (χ0n) is 50.2. The maximum Gasteiger partial charge on any atom is 0.321 e. The summed E-state index contributed by atoms with van der Waals surface area (Å²) in [5.41, 5.74) is 1.70. The van der Waals surface area contributed by atoms with Crippen LogP contribution in [0.5, 0.6) is 0 Å². The van der Waals surface area contributed by atoms with Gasteiger partial charge >= 0.3 is 17.9 Å². The molecule has 0 spiro atoms. The number of alkyl halides is 4. The average Bonchev–Trinajstić information content (AvgIpc) is 3.32. The van der Waals surface area contributed by atoms with Gasteiger partial charge in [-0.25, -0.2) is 0 Å². The lowest BCUT2D eigenvalue weighted by Crippen LogP contribution is -2.61. The number of carbonyl (C=O) groups is 3. The monoisotopic (exact) mass is 1550 g/mol. The Morgan fingerprint density at radius 2 is 1.25 bits per heavy atom. The van der Waals surface area contributed by atoms with Gasteiger partial charge in [-0.1, -0.05) is 192 Å². The summed E-state index contributed by atoms with van der Waals surface area (Å²) in [6.07, 6.45) is 3.43. The van der Waals surface area contributed by atoms with Crippen LogP contribution >= 0.6 is 97.7 Å². The summed E-state index contributed by atoms with van der Waals surface area (Å²) in [7, 11) is 0.291. The SMILES string of the molecule is C=COC(=O)CI.CC(I)c1ccccc1.CCN(O)CC.CCOC(=O)C(C)(C)I.CCOP(C)(=O)C(N(O)C(C)(C)C)C(C)(C)C.COC(=O)C(C)I.COC1CC(C)(C)N(OC(C)c2ccccc2)C(C)(C)C1. The van der Waals surface area contributed by atoms with Crippen molar-refractivity contribution < 1.29 is 57.7 Å². The van der Waals surface area contributed by atoms with E-state index in [-0.39, 0.29) is 47.9 Å². The van der Waals surface area contributed by atoms with Crippen molar-refractivity contribution in [3.63, 3.8) is 0 Å². The summed E-state index contributed by atoms with van der Waals surface area (Å²) in [4.78, 5) is 37.6. The van der Waals surface area contributed by atoms with Crippen molar-refractivity contribution in [3.05, 3.63) is 84.6 Å². The number of carbonyl (C=O) groups excluding carboxylic acids is 3. The van der Waals surface area contributed by atoms with Crippen molar-refractivity contribution >= 4 is 116 Å². The molecular weight excluding hydrogens is 1450 g/mol. The van der Waals surface area contributed by atoms with E-state index >= 15 is 0 Å². The highest BCUT2D eigenvalue weighted by Gasteiger charge is 2.48. The summed E-state index contributed by atoms with van der Waals surface area (Å²) in [5.74, 6) is -1.09. The molecule has 20 heteroatoms. The van der Waals surface area contributed by atoms with Crippen LogP contribution in [0.2, 0.25) is 0 Å². The number of nitrogens with zero attached hydrogens (tertiary/aromatic N) is 3. The van der Waals surface area contributed by atoms with E-state index in [9.17, 15) is 24.2 Å². The highest BCUT2D eigenvalue weighted by Crippen LogP contribution is 2.56. The van der Waals surface area contributed by atoms with E-state index in [0.29, 0.717) is 27.7 Å². The molecule has 1 saturated heterocycles. The molecule has 5 unspecified atom stereocenters. The maximum absolute atomic E-state index is 12.6. The lowest BCUT2D eigenvalue weighted by Gasteiger charge is -2.54. The summed E-state index contributed by atoms with van der Waals surface area (Å²) < 4.78 is 37.7. The van der Waals surface area contributed by atoms with Crippen LogP contribution in [-0.4, -0.2) is 131 Å². The number of halogens is 4. The van der Waals surface area contributed by atoms with Crippen molar-refractivity contribution in [2.24, 2.45) is 5.41 Å². The summed E-state index contributed by atoms with van der Waals surface area (Å²) in [6, 6.07) is 20.9. The fourth-order valence-corrected chi connectivity index (χ4v) is 10.9. The Morgan fingerprint density at radius 3 is 1.47 bits per heavy atom. The molecule has 0 aromatic heterocycles. The number of ether oxygens (including phenoxy) is 4. The zero-order chi connectivity index (χ0) is 60.5. The number of methoxy groups -OCH3 is 2. The van der Waals surface area contributed by atoms with Crippen molar-refractivity contribution in [1.29, 1.82) is 0 Å². The van der Waals surface area contributed by atoms with Crippen LogP contribution < -0.4 is 0 Å². The molecule has 76 heavy (non-hydrogen) atoms. The number of hydrogen-bond donors (Lipinski definition) is 2. The number of hydroxylamine groups is 6. The predicted octanol–water partition coefficient (Wildman–Crippen LogP) is 15.9. The Morgan fingerprint density at radius 1 is 0.816 bits per heavy atom. The van der Waals surface area contributed by atoms with Crippen LogP contribution in [0.15, 0.2) is 73.5 Å². The molecule has 2 aromatic carbocycles. The van der Waals surface area contributed by atoms with Crippen molar-refractivity contribution in [2.75, 3.05) is 51.6 Å². The first kappa shape index (κ1) is 81.9. The van der Waals surface area contributed by atoms with Gasteiger partial charge in [-0.2, -0.15) is 15.2 Å². The molecule has 444 valence electrons. The van der Waals surface area contributed by atoms with Gasteiger partial charge in [0.1, 0.15) is 19.2 Å². The molecule has 0 radical (unpaired) electrons. The van der Waals surface area contributed by atoms with E-state index in [1.54, 1.807) is 27.6 Å². The largest absolute Gasteiger partial charge is 0.468 e. The van der Waals surface area contributed by atoms with Crippen LogP contribution in [0, 0.1) is 5.41 Å². The number of hydrogen-bond acceptors (Lipinski definition) is 15. The van der Waals surface area contributed by atoms with Gasteiger partial charge in [0.05, 0.1) is 37.1 Å². The van der Waals surface area contributed by atoms with Crippen molar-refractivity contribution in [3.8, 4) is 0 Å². The minimum absolute atomic E-state index is 0.0254. The molecule has 1 aliphatic heterocycles. The number of piperidine rings is 1. The summed E-state index contributed by atoms with van der Waals surface area (Å²) in [5, 5.41) is 23.4. The fourth-order valence-electron chi connectivity index (χ4n) is 7.06. The van der Waals surface area contributed by atoms with Gasteiger partial charge in [-0.15, -0.1) is 0 Å². The molecule has 0 saturated carbocycles. The third kappa shape index (κ3) is 37.4. The Bertz CT molecular complexity index is 1870. The molecule has 15 nitrogen and oxygen atoms in total.